The van der Waals surface area contributed by atoms with Gasteiger partial charge in [0.1, 0.15) is 0 Å². The van der Waals surface area contributed by atoms with Gasteiger partial charge in [-0.25, -0.2) is 0 Å². The van der Waals surface area contributed by atoms with Crippen molar-refractivity contribution in [3.8, 4) is 0 Å². The van der Waals surface area contributed by atoms with Gasteiger partial charge >= 0.3 is 0 Å². The van der Waals surface area contributed by atoms with Crippen LogP contribution in [-0.2, 0) is 13.1 Å². The first-order chi connectivity index (χ1) is 9.17. The third kappa shape index (κ3) is 4.40. The standard InChI is InChI=1S/C15H18BrN3/c1-3-19(10-14-8-7-13(16)9-17-14)11-15-6-4-5-12(2)18-15/h4-9H,3,10-11H2,1-2H3. The molecule has 0 N–H and O–H groups in total. The predicted octanol–water partition coefficient (Wildman–Crippen LogP) is 3.57. The molecule has 0 aromatic carbocycles. The summed E-state index contributed by atoms with van der Waals surface area (Å²) < 4.78 is 1.01. The normalized spacial score (nSPS) is 10.9. The number of aryl methyl sites for hydroxylation is 1. The average molecular weight is 320 g/mol. The fraction of sp³-hybridized carbons (Fsp3) is 0.333. The maximum atomic E-state index is 4.55. The van der Waals surface area contributed by atoms with E-state index in [4.69, 9.17) is 0 Å². The second-order valence-corrected chi connectivity index (χ2v) is 5.46. The summed E-state index contributed by atoms with van der Waals surface area (Å²) in [6.45, 7) is 6.87. The second-order valence-electron chi connectivity index (χ2n) is 4.54. The van der Waals surface area contributed by atoms with Gasteiger partial charge in [0.2, 0.25) is 0 Å². The van der Waals surface area contributed by atoms with Crippen molar-refractivity contribution in [3.05, 3.63) is 58.1 Å². The summed E-state index contributed by atoms with van der Waals surface area (Å²) in [4.78, 5) is 11.3. The lowest BCUT2D eigenvalue weighted by atomic mass is 10.2. The van der Waals surface area contributed by atoms with Gasteiger partial charge in [-0.15, -0.1) is 0 Å². The van der Waals surface area contributed by atoms with Crippen molar-refractivity contribution in [2.45, 2.75) is 26.9 Å². The summed E-state index contributed by atoms with van der Waals surface area (Å²) in [7, 11) is 0. The zero-order valence-electron chi connectivity index (χ0n) is 11.3. The summed E-state index contributed by atoms with van der Waals surface area (Å²) in [6, 6.07) is 10.2. The summed E-state index contributed by atoms with van der Waals surface area (Å²) in [5.74, 6) is 0. The van der Waals surface area contributed by atoms with Crippen LogP contribution in [0.4, 0.5) is 0 Å². The molecular weight excluding hydrogens is 302 g/mol. The van der Waals surface area contributed by atoms with Gasteiger partial charge in [-0.1, -0.05) is 13.0 Å². The van der Waals surface area contributed by atoms with Crippen molar-refractivity contribution < 1.29 is 0 Å². The molecule has 0 saturated carbocycles. The third-order valence-corrected chi connectivity index (χ3v) is 3.42. The van der Waals surface area contributed by atoms with Crippen LogP contribution in [-0.4, -0.2) is 21.4 Å². The lowest BCUT2D eigenvalue weighted by Gasteiger charge is -2.19. The molecule has 100 valence electrons. The summed E-state index contributed by atoms with van der Waals surface area (Å²) in [6.07, 6.45) is 1.84. The van der Waals surface area contributed by atoms with Gasteiger partial charge in [-0.05, 0) is 53.7 Å². The van der Waals surface area contributed by atoms with Crippen molar-refractivity contribution in [2.75, 3.05) is 6.54 Å². The first-order valence-corrected chi connectivity index (χ1v) is 7.22. The number of pyridine rings is 2. The van der Waals surface area contributed by atoms with Crippen LogP contribution in [0.5, 0.6) is 0 Å². The monoisotopic (exact) mass is 319 g/mol. The number of rotatable bonds is 5. The molecule has 2 rings (SSSR count). The molecule has 3 nitrogen and oxygen atoms in total. The van der Waals surface area contributed by atoms with E-state index in [9.17, 15) is 0 Å². The maximum absolute atomic E-state index is 4.55. The van der Waals surface area contributed by atoms with E-state index in [1.54, 1.807) is 0 Å². The molecule has 2 heterocycles. The van der Waals surface area contributed by atoms with Crippen LogP contribution in [0.25, 0.3) is 0 Å². The first kappa shape index (κ1) is 14.2. The van der Waals surface area contributed by atoms with Crippen LogP contribution in [0, 0.1) is 6.92 Å². The van der Waals surface area contributed by atoms with Gasteiger partial charge in [0, 0.05) is 29.5 Å². The molecule has 2 aromatic heterocycles. The Balaban J connectivity index is 2.02. The van der Waals surface area contributed by atoms with E-state index in [-0.39, 0.29) is 0 Å². The van der Waals surface area contributed by atoms with Crippen molar-refractivity contribution in [1.29, 1.82) is 0 Å². The molecule has 0 saturated heterocycles. The minimum Gasteiger partial charge on any atom is -0.292 e. The molecule has 0 spiro atoms. The Kier molecular flexibility index (Phi) is 5.05. The van der Waals surface area contributed by atoms with Crippen molar-refractivity contribution in [1.82, 2.24) is 14.9 Å². The van der Waals surface area contributed by atoms with E-state index in [0.29, 0.717) is 0 Å². The lowest BCUT2D eigenvalue weighted by Crippen LogP contribution is -2.23. The summed E-state index contributed by atoms with van der Waals surface area (Å²) in [5.41, 5.74) is 3.26. The van der Waals surface area contributed by atoms with E-state index in [1.807, 2.05) is 25.3 Å². The highest BCUT2D eigenvalue weighted by Gasteiger charge is 2.07. The lowest BCUT2D eigenvalue weighted by molar-refractivity contribution is 0.265. The Morgan fingerprint density at radius 3 is 2.53 bits per heavy atom. The Bertz CT molecular complexity index is 525. The Morgan fingerprint density at radius 1 is 1.11 bits per heavy atom. The minimum atomic E-state index is 0.847. The number of hydrogen-bond acceptors (Lipinski definition) is 3. The van der Waals surface area contributed by atoms with Crippen molar-refractivity contribution in [3.63, 3.8) is 0 Å². The van der Waals surface area contributed by atoms with Crippen LogP contribution in [0.3, 0.4) is 0 Å². The number of nitrogens with zero attached hydrogens (tertiary/aromatic N) is 3. The highest BCUT2D eigenvalue weighted by molar-refractivity contribution is 9.10. The van der Waals surface area contributed by atoms with Gasteiger partial charge in [0.05, 0.1) is 11.4 Å². The molecule has 4 heteroatoms. The van der Waals surface area contributed by atoms with Crippen LogP contribution in [0.15, 0.2) is 41.0 Å². The maximum Gasteiger partial charge on any atom is 0.0547 e. The molecule has 0 amide bonds. The molecule has 0 fully saturated rings. The molecule has 0 aliphatic carbocycles. The third-order valence-electron chi connectivity index (χ3n) is 2.95. The molecule has 0 radical (unpaired) electrons. The second kappa shape index (κ2) is 6.78. The van der Waals surface area contributed by atoms with Crippen LogP contribution in [0.2, 0.25) is 0 Å². The molecule has 0 atom stereocenters. The quantitative estimate of drug-likeness (QED) is 0.843. The van der Waals surface area contributed by atoms with Crippen LogP contribution < -0.4 is 0 Å². The van der Waals surface area contributed by atoms with Crippen LogP contribution >= 0.6 is 15.9 Å². The Labute approximate surface area is 122 Å². The van der Waals surface area contributed by atoms with E-state index in [2.05, 4.69) is 55.9 Å². The Hall–Kier alpha value is -1.26. The fourth-order valence-electron chi connectivity index (χ4n) is 1.93. The average Bonchev–Trinajstić information content (AvgIpc) is 2.40. The molecular formula is C15H18BrN3. The first-order valence-electron chi connectivity index (χ1n) is 6.42. The van der Waals surface area contributed by atoms with E-state index in [1.165, 1.54) is 0 Å². The Morgan fingerprint density at radius 2 is 1.89 bits per heavy atom. The predicted molar refractivity (Wildman–Crippen MR) is 80.7 cm³/mol. The van der Waals surface area contributed by atoms with E-state index >= 15 is 0 Å². The van der Waals surface area contributed by atoms with E-state index < -0.39 is 0 Å². The smallest absolute Gasteiger partial charge is 0.0547 e. The SMILES string of the molecule is CCN(Cc1ccc(Br)cn1)Cc1cccc(C)n1. The zero-order valence-corrected chi connectivity index (χ0v) is 12.9. The topological polar surface area (TPSA) is 29.0 Å². The summed E-state index contributed by atoms with van der Waals surface area (Å²) in [5, 5.41) is 0. The summed E-state index contributed by atoms with van der Waals surface area (Å²) >= 11 is 3.40. The number of aromatic nitrogens is 2. The van der Waals surface area contributed by atoms with Gasteiger partial charge in [0.25, 0.3) is 0 Å². The largest absolute Gasteiger partial charge is 0.292 e. The number of halogens is 1. The molecule has 0 aliphatic heterocycles. The minimum absolute atomic E-state index is 0.847. The van der Waals surface area contributed by atoms with Crippen molar-refractivity contribution >= 4 is 15.9 Å². The van der Waals surface area contributed by atoms with Crippen molar-refractivity contribution in [2.24, 2.45) is 0 Å². The zero-order chi connectivity index (χ0) is 13.7. The molecule has 19 heavy (non-hydrogen) atoms. The molecule has 0 unspecified atom stereocenters. The molecule has 0 aliphatic rings. The van der Waals surface area contributed by atoms with Crippen LogP contribution in [0.1, 0.15) is 24.0 Å². The van der Waals surface area contributed by atoms with Gasteiger partial charge in [0.15, 0.2) is 0 Å². The van der Waals surface area contributed by atoms with Gasteiger partial charge in [-0.3, -0.25) is 14.9 Å². The van der Waals surface area contributed by atoms with Gasteiger partial charge < -0.3 is 0 Å². The molecule has 2 aromatic rings. The highest BCUT2D eigenvalue weighted by Crippen LogP contribution is 2.11. The molecule has 0 bridgehead atoms. The number of hydrogen-bond donors (Lipinski definition) is 0. The van der Waals surface area contributed by atoms with Gasteiger partial charge in [-0.2, -0.15) is 0 Å². The highest BCUT2D eigenvalue weighted by atomic mass is 79.9. The van der Waals surface area contributed by atoms with E-state index in [0.717, 1.165) is 41.2 Å². The fourth-order valence-corrected chi connectivity index (χ4v) is 2.16.